The fraction of sp³-hybridized carbons (Fsp3) is 0.250. The SMILES string of the molecule is CCCOc1ccc(-c2csc3nc(C)c(C(=O)O)n23)cc1. The van der Waals surface area contributed by atoms with Gasteiger partial charge in [-0.2, -0.15) is 0 Å². The van der Waals surface area contributed by atoms with Gasteiger partial charge in [0.2, 0.25) is 0 Å². The van der Waals surface area contributed by atoms with E-state index in [4.69, 9.17) is 4.74 Å². The van der Waals surface area contributed by atoms with Crippen LogP contribution in [0.4, 0.5) is 0 Å². The molecule has 0 aliphatic carbocycles. The number of carboxylic acids is 1. The summed E-state index contributed by atoms with van der Waals surface area (Å²) in [5, 5.41) is 11.3. The van der Waals surface area contributed by atoms with Gasteiger partial charge in [0.15, 0.2) is 10.7 Å². The number of aryl methyl sites for hydroxylation is 1. The number of aromatic carboxylic acids is 1. The number of carbonyl (C=O) groups is 1. The van der Waals surface area contributed by atoms with Gasteiger partial charge in [-0.25, -0.2) is 9.78 Å². The molecule has 0 radical (unpaired) electrons. The maximum atomic E-state index is 11.5. The molecule has 0 saturated heterocycles. The third-order valence-electron chi connectivity index (χ3n) is 3.36. The zero-order valence-electron chi connectivity index (χ0n) is 12.4. The molecule has 0 aliphatic heterocycles. The van der Waals surface area contributed by atoms with Gasteiger partial charge in [0, 0.05) is 5.38 Å². The third kappa shape index (κ3) is 2.46. The summed E-state index contributed by atoms with van der Waals surface area (Å²) in [4.78, 5) is 16.5. The molecule has 0 atom stereocenters. The Morgan fingerprint density at radius 1 is 1.36 bits per heavy atom. The predicted molar refractivity (Wildman–Crippen MR) is 86.0 cm³/mol. The minimum absolute atomic E-state index is 0.220. The molecule has 0 saturated carbocycles. The minimum atomic E-state index is -0.965. The highest BCUT2D eigenvalue weighted by Crippen LogP contribution is 2.30. The summed E-state index contributed by atoms with van der Waals surface area (Å²) in [5.74, 6) is -0.148. The Morgan fingerprint density at radius 2 is 2.09 bits per heavy atom. The van der Waals surface area contributed by atoms with Crippen molar-refractivity contribution in [2.24, 2.45) is 0 Å². The van der Waals surface area contributed by atoms with Crippen molar-refractivity contribution in [3.05, 3.63) is 41.0 Å². The molecule has 0 amide bonds. The molecule has 0 unspecified atom stereocenters. The molecule has 0 fully saturated rings. The van der Waals surface area contributed by atoms with Gasteiger partial charge >= 0.3 is 5.97 Å². The lowest BCUT2D eigenvalue weighted by Crippen LogP contribution is -2.04. The van der Waals surface area contributed by atoms with Gasteiger partial charge in [-0.05, 0) is 43.2 Å². The summed E-state index contributed by atoms with van der Waals surface area (Å²) in [6, 6.07) is 7.68. The van der Waals surface area contributed by atoms with Crippen molar-refractivity contribution in [2.45, 2.75) is 20.3 Å². The molecule has 5 nitrogen and oxygen atoms in total. The summed E-state index contributed by atoms with van der Waals surface area (Å²) >= 11 is 1.44. The number of aromatic nitrogens is 2. The van der Waals surface area contributed by atoms with Crippen molar-refractivity contribution < 1.29 is 14.6 Å². The van der Waals surface area contributed by atoms with E-state index in [1.807, 2.05) is 29.6 Å². The van der Waals surface area contributed by atoms with E-state index >= 15 is 0 Å². The highest BCUT2D eigenvalue weighted by atomic mass is 32.1. The molecular weight excluding hydrogens is 300 g/mol. The lowest BCUT2D eigenvalue weighted by atomic mass is 10.1. The molecule has 1 N–H and O–H groups in total. The van der Waals surface area contributed by atoms with E-state index in [0.717, 1.165) is 23.4 Å². The highest BCUT2D eigenvalue weighted by molar-refractivity contribution is 7.15. The molecule has 0 bridgehead atoms. The van der Waals surface area contributed by atoms with Gasteiger partial charge in [0.1, 0.15) is 5.75 Å². The Bertz CT molecular complexity index is 818. The van der Waals surface area contributed by atoms with Crippen molar-refractivity contribution in [1.82, 2.24) is 9.38 Å². The van der Waals surface area contributed by atoms with E-state index in [9.17, 15) is 9.90 Å². The lowest BCUT2D eigenvalue weighted by Gasteiger charge is -2.06. The smallest absolute Gasteiger partial charge is 0.354 e. The quantitative estimate of drug-likeness (QED) is 0.776. The van der Waals surface area contributed by atoms with Crippen LogP contribution < -0.4 is 4.74 Å². The molecule has 0 spiro atoms. The first-order chi connectivity index (χ1) is 10.6. The molecule has 3 rings (SSSR count). The number of ether oxygens (including phenoxy) is 1. The molecular formula is C16H16N2O3S. The topological polar surface area (TPSA) is 63.8 Å². The number of carboxylic acid groups (broad SMARTS) is 1. The average Bonchev–Trinajstić information content (AvgIpc) is 3.03. The normalized spacial score (nSPS) is 11.0. The van der Waals surface area contributed by atoms with Crippen LogP contribution in [0, 0.1) is 6.92 Å². The van der Waals surface area contributed by atoms with Gasteiger partial charge in [0.05, 0.1) is 18.0 Å². The molecule has 3 aromatic rings. The second kappa shape index (κ2) is 5.81. The minimum Gasteiger partial charge on any atom is -0.494 e. The molecule has 22 heavy (non-hydrogen) atoms. The maximum absolute atomic E-state index is 11.5. The van der Waals surface area contributed by atoms with E-state index < -0.39 is 5.97 Å². The van der Waals surface area contributed by atoms with Crippen LogP contribution in [0.2, 0.25) is 0 Å². The van der Waals surface area contributed by atoms with Crippen molar-refractivity contribution in [3.8, 4) is 17.0 Å². The lowest BCUT2D eigenvalue weighted by molar-refractivity contribution is 0.0688. The Balaban J connectivity index is 2.04. The second-order valence-electron chi connectivity index (χ2n) is 4.96. The monoisotopic (exact) mass is 316 g/mol. The van der Waals surface area contributed by atoms with E-state index in [1.54, 1.807) is 11.3 Å². The fourth-order valence-corrected chi connectivity index (χ4v) is 3.30. The zero-order chi connectivity index (χ0) is 15.7. The molecule has 2 heterocycles. The van der Waals surface area contributed by atoms with Gasteiger partial charge in [0.25, 0.3) is 0 Å². The van der Waals surface area contributed by atoms with Crippen LogP contribution in [0.5, 0.6) is 5.75 Å². The second-order valence-corrected chi connectivity index (χ2v) is 5.80. The average molecular weight is 316 g/mol. The number of thiazole rings is 1. The van der Waals surface area contributed by atoms with Crippen LogP contribution in [-0.4, -0.2) is 27.1 Å². The van der Waals surface area contributed by atoms with Gasteiger partial charge in [-0.15, -0.1) is 11.3 Å². The summed E-state index contributed by atoms with van der Waals surface area (Å²) in [6.45, 7) is 4.46. The van der Waals surface area contributed by atoms with Crippen LogP contribution in [0.1, 0.15) is 29.5 Å². The first-order valence-electron chi connectivity index (χ1n) is 7.05. The summed E-state index contributed by atoms with van der Waals surface area (Å²) < 4.78 is 7.27. The van der Waals surface area contributed by atoms with Crippen LogP contribution in [0.15, 0.2) is 29.6 Å². The molecule has 0 aliphatic rings. The Kier molecular flexibility index (Phi) is 3.85. The summed E-state index contributed by atoms with van der Waals surface area (Å²) in [6.07, 6.45) is 0.961. The van der Waals surface area contributed by atoms with E-state index in [2.05, 4.69) is 11.9 Å². The number of nitrogens with zero attached hydrogens (tertiary/aromatic N) is 2. The molecule has 6 heteroatoms. The Morgan fingerprint density at radius 3 is 2.73 bits per heavy atom. The number of hydrogen-bond acceptors (Lipinski definition) is 4. The van der Waals surface area contributed by atoms with Crippen LogP contribution in [-0.2, 0) is 0 Å². The number of benzene rings is 1. The van der Waals surface area contributed by atoms with E-state index in [0.29, 0.717) is 17.3 Å². The highest BCUT2D eigenvalue weighted by Gasteiger charge is 2.20. The molecule has 1 aromatic carbocycles. The predicted octanol–water partition coefficient (Wildman–Crippen LogP) is 3.86. The van der Waals surface area contributed by atoms with Crippen molar-refractivity contribution in [3.63, 3.8) is 0 Å². The van der Waals surface area contributed by atoms with E-state index in [-0.39, 0.29) is 5.69 Å². The van der Waals surface area contributed by atoms with Gasteiger partial charge in [-0.3, -0.25) is 4.40 Å². The number of rotatable bonds is 5. The van der Waals surface area contributed by atoms with Crippen LogP contribution >= 0.6 is 11.3 Å². The van der Waals surface area contributed by atoms with Gasteiger partial charge < -0.3 is 9.84 Å². The summed E-state index contributed by atoms with van der Waals surface area (Å²) in [5.41, 5.74) is 2.52. The number of imidazole rings is 1. The first-order valence-corrected chi connectivity index (χ1v) is 7.93. The Hall–Kier alpha value is -2.34. The third-order valence-corrected chi connectivity index (χ3v) is 4.19. The largest absolute Gasteiger partial charge is 0.494 e. The van der Waals surface area contributed by atoms with Crippen molar-refractivity contribution in [1.29, 1.82) is 0 Å². The van der Waals surface area contributed by atoms with Crippen molar-refractivity contribution in [2.75, 3.05) is 6.61 Å². The van der Waals surface area contributed by atoms with Gasteiger partial charge in [-0.1, -0.05) is 6.92 Å². The molecule has 114 valence electrons. The fourth-order valence-electron chi connectivity index (χ4n) is 2.36. The van der Waals surface area contributed by atoms with E-state index in [1.165, 1.54) is 11.3 Å². The van der Waals surface area contributed by atoms with Crippen LogP contribution in [0.3, 0.4) is 0 Å². The maximum Gasteiger partial charge on any atom is 0.354 e. The van der Waals surface area contributed by atoms with Crippen LogP contribution in [0.25, 0.3) is 16.2 Å². The summed E-state index contributed by atoms with van der Waals surface area (Å²) in [7, 11) is 0. The number of fused-ring (bicyclic) bond motifs is 1. The zero-order valence-corrected chi connectivity index (χ0v) is 13.2. The Labute approximate surface area is 131 Å². The molecule has 2 aromatic heterocycles. The van der Waals surface area contributed by atoms with Crippen molar-refractivity contribution >= 4 is 22.3 Å². The standard InChI is InChI=1S/C16H16N2O3S/c1-3-8-21-12-6-4-11(5-7-12)13-9-22-16-17-10(2)14(15(19)20)18(13)16/h4-7,9H,3,8H2,1-2H3,(H,19,20). The number of hydrogen-bond donors (Lipinski definition) is 1. The first kappa shape index (κ1) is 14.6.